The normalized spacial score (nSPS) is 9.00. The SMILES string of the molecule is [C-]#[N+]c1ccc([N+](=O)[O-])c(Br)c1. The molecule has 0 amide bonds. The van der Waals surface area contributed by atoms with E-state index in [2.05, 4.69) is 20.8 Å². The van der Waals surface area contributed by atoms with Crippen LogP contribution in [0.15, 0.2) is 22.7 Å². The molecule has 0 unspecified atom stereocenters. The van der Waals surface area contributed by atoms with Crippen molar-refractivity contribution in [3.8, 4) is 0 Å². The van der Waals surface area contributed by atoms with Gasteiger partial charge in [0.1, 0.15) is 0 Å². The molecule has 60 valence electrons. The highest BCUT2D eigenvalue weighted by atomic mass is 79.9. The van der Waals surface area contributed by atoms with E-state index in [-0.39, 0.29) is 5.69 Å². The topological polar surface area (TPSA) is 47.5 Å². The standard InChI is InChI=1S/C7H3BrN2O2/c1-9-5-2-3-7(10(11)12)6(8)4-5/h2-4H. The maximum absolute atomic E-state index is 10.3. The molecule has 0 fully saturated rings. The molecule has 0 aromatic heterocycles. The van der Waals surface area contributed by atoms with E-state index in [0.717, 1.165) is 0 Å². The van der Waals surface area contributed by atoms with Crippen LogP contribution in [0.4, 0.5) is 11.4 Å². The van der Waals surface area contributed by atoms with E-state index in [4.69, 9.17) is 6.57 Å². The predicted octanol–water partition coefficient (Wildman–Crippen LogP) is 2.91. The van der Waals surface area contributed by atoms with E-state index in [1.165, 1.54) is 18.2 Å². The molecule has 1 rings (SSSR count). The van der Waals surface area contributed by atoms with Crippen molar-refractivity contribution in [3.63, 3.8) is 0 Å². The molecule has 0 N–H and O–H groups in total. The van der Waals surface area contributed by atoms with Crippen molar-refractivity contribution in [2.45, 2.75) is 0 Å². The van der Waals surface area contributed by atoms with Crippen LogP contribution in [0.1, 0.15) is 0 Å². The van der Waals surface area contributed by atoms with Gasteiger partial charge in [0.25, 0.3) is 5.69 Å². The van der Waals surface area contributed by atoms with Crippen molar-refractivity contribution in [3.05, 3.63) is 44.2 Å². The molecular weight excluding hydrogens is 224 g/mol. The number of hydrogen-bond acceptors (Lipinski definition) is 2. The highest BCUT2D eigenvalue weighted by Gasteiger charge is 2.10. The Hall–Kier alpha value is -1.41. The lowest BCUT2D eigenvalue weighted by Gasteiger charge is -1.94. The van der Waals surface area contributed by atoms with Gasteiger partial charge < -0.3 is 0 Å². The average molecular weight is 227 g/mol. The van der Waals surface area contributed by atoms with Gasteiger partial charge >= 0.3 is 0 Å². The molecule has 0 heterocycles. The van der Waals surface area contributed by atoms with E-state index in [1.54, 1.807) is 0 Å². The van der Waals surface area contributed by atoms with Crippen molar-refractivity contribution in [1.82, 2.24) is 0 Å². The fourth-order valence-corrected chi connectivity index (χ4v) is 1.22. The summed E-state index contributed by atoms with van der Waals surface area (Å²) < 4.78 is 0.334. The third-order valence-corrected chi connectivity index (χ3v) is 1.89. The summed E-state index contributed by atoms with van der Waals surface area (Å²) in [5.74, 6) is 0. The van der Waals surface area contributed by atoms with Gasteiger partial charge in [0.2, 0.25) is 0 Å². The molecule has 0 radical (unpaired) electrons. The van der Waals surface area contributed by atoms with Gasteiger partial charge in [0, 0.05) is 6.07 Å². The Bertz CT molecular complexity index is 370. The lowest BCUT2D eigenvalue weighted by molar-refractivity contribution is -0.385. The third kappa shape index (κ3) is 1.60. The molecule has 1 aromatic rings. The Kier molecular flexibility index (Phi) is 2.41. The van der Waals surface area contributed by atoms with E-state index < -0.39 is 4.92 Å². The number of benzene rings is 1. The quantitative estimate of drug-likeness (QED) is 0.420. The molecular formula is C7H3BrN2O2. The smallest absolute Gasteiger partial charge is 0.258 e. The first-order valence-electron chi connectivity index (χ1n) is 2.96. The highest BCUT2D eigenvalue weighted by molar-refractivity contribution is 9.10. The molecule has 0 aliphatic rings. The van der Waals surface area contributed by atoms with Crippen LogP contribution in [0.5, 0.6) is 0 Å². The first kappa shape index (κ1) is 8.68. The number of nitro groups is 1. The average Bonchev–Trinajstić information content (AvgIpc) is 2.03. The van der Waals surface area contributed by atoms with Crippen LogP contribution in [0.25, 0.3) is 4.85 Å². The van der Waals surface area contributed by atoms with Gasteiger partial charge in [-0.25, -0.2) is 4.85 Å². The molecule has 0 atom stereocenters. The molecule has 5 heteroatoms. The zero-order valence-corrected chi connectivity index (χ0v) is 7.41. The summed E-state index contributed by atoms with van der Waals surface area (Å²) in [6.07, 6.45) is 0. The van der Waals surface area contributed by atoms with Crippen molar-refractivity contribution in [1.29, 1.82) is 0 Å². The van der Waals surface area contributed by atoms with Crippen molar-refractivity contribution in [2.24, 2.45) is 0 Å². The molecule has 12 heavy (non-hydrogen) atoms. The predicted molar refractivity (Wildman–Crippen MR) is 47.1 cm³/mol. The van der Waals surface area contributed by atoms with Crippen LogP contribution in [0.2, 0.25) is 0 Å². The molecule has 0 spiro atoms. The largest absolute Gasteiger partial charge is 0.280 e. The number of hydrogen-bond donors (Lipinski definition) is 0. The first-order valence-corrected chi connectivity index (χ1v) is 3.76. The fourth-order valence-electron chi connectivity index (χ4n) is 0.713. The first-order chi connectivity index (χ1) is 5.65. The second-order valence-corrected chi connectivity index (χ2v) is 2.86. The van der Waals surface area contributed by atoms with Gasteiger partial charge in [-0.15, -0.1) is 0 Å². The second kappa shape index (κ2) is 3.32. The molecule has 0 aliphatic carbocycles. The molecule has 4 nitrogen and oxygen atoms in total. The molecule has 0 bridgehead atoms. The molecule has 0 saturated carbocycles. The van der Waals surface area contributed by atoms with Gasteiger partial charge in [0.05, 0.1) is 16.0 Å². The summed E-state index contributed by atoms with van der Waals surface area (Å²) in [5, 5.41) is 10.3. The monoisotopic (exact) mass is 226 g/mol. The molecule has 0 saturated heterocycles. The lowest BCUT2D eigenvalue weighted by Crippen LogP contribution is -1.87. The van der Waals surface area contributed by atoms with Crippen LogP contribution in [0.3, 0.4) is 0 Å². The number of halogens is 1. The summed E-state index contributed by atoms with van der Waals surface area (Å²) >= 11 is 3.00. The van der Waals surface area contributed by atoms with E-state index >= 15 is 0 Å². The van der Waals surface area contributed by atoms with Crippen LogP contribution < -0.4 is 0 Å². The zero-order chi connectivity index (χ0) is 9.14. The Balaban J connectivity index is 3.23. The van der Waals surface area contributed by atoms with Gasteiger partial charge in [-0.2, -0.15) is 0 Å². The van der Waals surface area contributed by atoms with Crippen LogP contribution in [-0.2, 0) is 0 Å². The minimum Gasteiger partial charge on any atom is -0.258 e. The highest BCUT2D eigenvalue weighted by Crippen LogP contribution is 2.28. The van der Waals surface area contributed by atoms with E-state index in [0.29, 0.717) is 10.2 Å². The lowest BCUT2D eigenvalue weighted by atomic mass is 10.3. The summed E-state index contributed by atoms with van der Waals surface area (Å²) in [6.45, 7) is 6.65. The summed E-state index contributed by atoms with van der Waals surface area (Å²) in [7, 11) is 0. The third-order valence-electron chi connectivity index (χ3n) is 1.26. The number of rotatable bonds is 1. The van der Waals surface area contributed by atoms with Gasteiger partial charge in [-0.1, -0.05) is 0 Å². The van der Waals surface area contributed by atoms with Crippen molar-refractivity contribution < 1.29 is 4.92 Å². The van der Waals surface area contributed by atoms with Gasteiger partial charge in [-0.3, -0.25) is 10.1 Å². The van der Waals surface area contributed by atoms with E-state index in [1.807, 2.05) is 0 Å². The summed E-state index contributed by atoms with van der Waals surface area (Å²) in [5.41, 5.74) is 0.356. The van der Waals surface area contributed by atoms with Crippen LogP contribution >= 0.6 is 15.9 Å². The Morgan fingerprint density at radius 3 is 2.67 bits per heavy atom. The maximum atomic E-state index is 10.3. The van der Waals surface area contributed by atoms with Crippen molar-refractivity contribution in [2.75, 3.05) is 0 Å². The van der Waals surface area contributed by atoms with Gasteiger partial charge in [-0.05, 0) is 28.1 Å². The number of nitrogens with zero attached hydrogens (tertiary/aromatic N) is 2. The van der Waals surface area contributed by atoms with E-state index in [9.17, 15) is 10.1 Å². The van der Waals surface area contributed by atoms with Gasteiger partial charge in [0.15, 0.2) is 5.69 Å². The zero-order valence-electron chi connectivity index (χ0n) is 5.82. The Morgan fingerprint density at radius 1 is 1.58 bits per heavy atom. The molecule has 0 aliphatic heterocycles. The van der Waals surface area contributed by atoms with Crippen LogP contribution in [-0.4, -0.2) is 4.92 Å². The van der Waals surface area contributed by atoms with Crippen LogP contribution in [0, 0.1) is 16.7 Å². The fraction of sp³-hybridized carbons (Fsp3) is 0. The summed E-state index contributed by atoms with van der Waals surface area (Å²) in [4.78, 5) is 12.9. The second-order valence-electron chi connectivity index (χ2n) is 2.00. The Morgan fingerprint density at radius 2 is 2.25 bits per heavy atom. The maximum Gasteiger partial charge on any atom is 0.280 e. The van der Waals surface area contributed by atoms with Crippen molar-refractivity contribution >= 4 is 27.3 Å². The Labute approximate surface area is 76.9 Å². The summed E-state index contributed by atoms with van der Waals surface area (Å²) in [6, 6.07) is 4.14. The molecule has 1 aromatic carbocycles. The number of nitro benzene ring substituents is 1. The minimum atomic E-state index is -0.502. The minimum absolute atomic E-state index is 0.0256.